The van der Waals surface area contributed by atoms with E-state index in [0.717, 1.165) is 49.6 Å². The van der Waals surface area contributed by atoms with Crippen molar-refractivity contribution in [3.05, 3.63) is 59.1 Å². The molecule has 1 heterocycles. The normalized spacial score (nSPS) is 11.6. The van der Waals surface area contributed by atoms with Gasteiger partial charge >= 0.3 is 0 Å². The highest BCUT2D eigenvalue weighted by atomic mass is 35.5. The van der Waals surface area contributed by atoms with E-state index < -0.39 is 0 Å². The first-order valence-electron chi connectivity index (χ1n) is 10.7. The van der Waals surface area contributed by atoms with Crippen LogP contribution < -0.4 is 9.64 Å². The van der Waals surface area contributed by atoms with Crippen LogP contribution in [0.5, 0.6) is 5.75 Å². The zero-order valence-corrected chi connectivity index (χ0v) is 20.3. The summed E-state index contributed by atoms with van der Waals surface area (Å²) in [4.78, 5) is 7.29. The van der Waals surface area contributed by atoms with Gasteiger partial charge in [0.2, 0.25) is 5.95 Å². The molecule has 0 bridgehead atoms. The standard InChI is InChI=1S/C24H31ClN4O.ClH/c1-5-7-13-21(18-11-9-8-10-12-18)29(16-6-2)24-26-23(28(3)27-24)20-15-14-19(25)17-22(20)30-4;/h8-12,14-15,17,21H,5-7,13,16H2,1-4H3;1H/t21-;/m0./s1. The Morgan fingerprint density at radius 3 is 2.48 bits per heavy atom. The number of hydrogen-bond acceptors (Lipinski definition) is 4. The Hall–Kier alpha value is -2.24. The van der Waals surface area contributed by atoms with E-state index in [1.807, 2.05) is 29.9 Å². The molecule has 3 aromatic rings. The summed E-state index contributed by atoms with van der Waals surface area (Å²) < 4.78 is 7.37. The lowest BCUT2D eigenvalue weighted by Crippen LogP contribution is -2.30. The van der Waals surface area contributed by atoms with Crippen LogP contribution in [0.15, 0.2) is 48.5 Å². The second-order valence-electron chi connectivity index (χ2n) is 7.47. The van der Waals surface area contributed by atoms with Crippen LogP contribution in [-0.2, 0) is 7.05 Å². The number of hydrogen-bond donors (Lipinski definition) is 0. The smallest absolute Gasteiger partial charge is 0.245 e. The number of methoxy groups -OCH3 is 1. The molecule has 0 fully saturated rings. The van der Waals surface area contributed by atoms with Crippen molar-refractivity contribution in [2.45, 2.75) is 45.6 Å². The van der Waals surface area contributed by atoms with Crippen LogP contribution in [0.25, 0.3) is 11.4 Å². The van der Waals surface area contributed by atoms with Crippen LogP contribution in [0.3, 0.4) is 0 Å². The van der Waals surface area contributed by atoms with Crippen LogP contribution in [0.4, 0.5) is 5.95 Å². The molecule has 0 amide bonds. The molecule has 1 aromatic heterocycles. The van der Waals surface area contributed by atoms with E-state index in [9.17, 15) is 0 Å². The summed E-state index contributed by atoms with van der Waals surface area (Å²) in [6, 6.07) is 16.5. The minimum absolute atomic E-state index is 0. The average Bonchev–Trinajstić information content (AvgIpc) is 3.14. The molecular weight excluding hydrogens is 431 g/mol. The third kappa shape index (κ3) is 5.92. The number of anilines is 1. The predicted octanol–water partition coefficient (Wildman–Crippen LogP) is 6.71. The molecular formula is C24H32Cl2N4O. The highest BCUT2D eigenvalue weighted by molar-refractivity contribution is 6.30. The zero-order valence-electron chi connectivity index (χ0n) is 18.7. The van der Waals surface area contributed by atoms with E-state index in [-0.39, 0.29) is 18.4 Å². The van der Waals surface area contributed by atoms with Crippen LogP contribution in [0.1, 0.15) is 51.1 Å². The molecule has 0 aliphatic heterocycles. The van der Waals surface area contributed by atoms with Gasteiger partial charge in [0.15, 0.2) is 5.82 Å². The van der Waals surface area contributed by atoms with Crippen molar-refractivity contribution >= 4 is 30.0 Å². The van der Waals surface area contributed by atoms with Crippen LogP contribution in [0, 0.1) is 0 Å². The number of halogens is 2. The van der Waals surface area contributed by atoms with E-state index in [2.05, 4.69) is 49.1 Å². The number of benzene rings is 2. The maximum atomic E-state index is 6.15. The molecule has 3 rings (SSSR count). The quantitative estimate of drug-likeness (QED) is 0.335. The van der Waals surface area contributed by atoms with Crippen molar-refractivity contribution in [3.63, 3.8) is 0 Å². The minimum atomic E-state index is 0. The monoisotopic (exact) mass is 462 g/mol. The fourth-order valence-corrected chi connectivity index (χ4v) is 3.95. The molecule has 0 N–H and O–H groups in total. The molecule has 5 nitrogen and oxygen atoms in total. The molecule has 0 aliphatic carbocycles. The Kier molecular flexibility index (Phi) is 9.66. The molecule has 2 aromatic carbocycles. The largest absolute Gasteiger partial charge is 0.496 e. The van der Waals surface area contributed by atoms with Gasteiger partial charge in [0.05, 0.1) is 18.7 Å². The van der Waals surface area contributed by atoms with Crippen molar-refractivity contribution in [2.75, 3.05) is 18.6 Å². The van der Waals surface area contributed by atoms with Gasteiger partial charge in [-0.25, -0.2) is 4.68 Å². The van der Waals surface area contributed by atoms with E-state index in [0.29, 0.717) is 10.8 Å². The summed E-state index contributed by atoms with van der Waals surface area (Å²) in [5.74, 6) is 2.20. The van der Waals surface area contributed by atoms with Gasteiger partial charge in [-0.05, 0) is 36.6 Å². The van der Waals surface area contributed by atoms with E-state index in [1.165, 1.54) is 5.56 Å². The molecule has 0 aliphatic rings. The van der Waals surface area contributed by atoms with Crippen LogP contribution in [-0.4, -0.2) is 28.4 Å². The highest BCUT2D eigenvalue weighted by Crippen LogP contribution is 2.34. The first-order chi connectivity index (χ1) is 14.6. The van der Waals surface area contributed by atoms with E-state index in [4.69, 9.17) is 26.4 Å². The van der Waals surface area contributed by atoms with Gasteiger partial charge in [-0.3, -0.25) is 0 Å². The first kappa shape index (κ1) is 25.0. The Balaban J connectivity index is 0.00000341. The number of rotatable bonds is 10. The highest BCUT2D eigenvalue weighted by Gasteiger charge is 2.25. The summed E-state index contributed by atoms with van der Waals surface area (Å²) in [5, 5.41) is 5.43. The molecule has 0 saturated heterocycles. The van der Waals surface area contributed by atoms with Gasteiger partial charge < -0.3 is 9.64 Å². The zero-order chi connectivity index (χ0) is 21.5. The van der Waals surface area contributed by atoms with Gasteiger partial charge in [-0.1, -0.05) is 68.6 Å². The van der Waals surface area contributed by atoms with Crippen molar-refractivity contribution < 1.29 is 4.74 Å². The van der Waals surface area contributed by atoms with Crippen LogP contribution in [0.2, 0.25) is 5.02 Å². The molecule has 1 atom stereocenters. The second-order valence-corrected chi connectivity index (χ2v) is 7.90. The fourth-order valence-electron chi connectivity index (χ4n) is 3.79. The van der Waals surface area contributed by atoms with Gasteiger partial charge in [-0.15, -0.1) is 17.5 Å². The van der Waals surface area contributed by atoms with Crippen LogP contribution >= 0.6 is 24.0 Å². The molecule has 0 radical (unpaired) electrons. The number of aromatic nitrogens is 3. The lowest BCUT2D eigenvalue weighted by molar-refractivity contribution is 0.416. The fraction of sp³-hybridized carbons (Fsp3) is 0.417. The Bertz CT molecular complexity index is 946. The maximum Gasteiger partial charge on any atom is 0.245 e. The first-order valence-corrected chi connectivity index (χ1v) is 11.0. The van der Waals surface area contributed by atoms with Crippen molar-refractivity contribution in [1.29, 1.82) is 0 Å². The lowest BCUT2D eigenvalue weighted by Gasteiger charge is -2.31. The Morgan fingerprint density at radius 2 is 1.84 bits per heavy atom. The SMILES string of the molecule is CCCC[C@@H](c1ccccc1)N(CCC)c1nc(-c2ccc(Cl)cc2OC)n(C)n1.Cl. The van der Waals surface area contributed by atoms with Crippen molar-refractivity contribution in [3.8, 4) is 17.1 Å². The number of unbranched alkanes of at least 4 members (excludes halogenated alkanes) is 1. The third-order valence-electron chi connectivity index (χ3n) is 5.27. The number of aryl methyl sites for hydroxylation is 1. The molecule has 7 heteroatoms. The number of ether oxygens (including phenoxy) is 1. The molecule has 0 spiro atoms. The third-order valence-corrected chi connectivity index (χ3v) is 5.50. The molecule has 31 heavy (non-hydrogen) atoms. The van der Waals surface area contributed by atoms with E-state index >= 15 is 0 Å². The minimum Gasteiger partial charge on any atom is -0.496 e. The number of nitrogens with zero attached hydrogens (tertiary/aromatic N) is 4. The Labute approximate surface area is 196 Å². The van der Waals surface area contributed by atoms with Crippen molar-refractivity contribution in [1.82, 2.24) is 14.8 Å². The summed E-state index contributed by atoms with van der Waals surface area (Å²) in [6.07, 6.45) is 4.41. The summed E-state index contributed by atoms with van der Waals surface area (Å²) in [6.45, 7) is 5.32. The molecule has 168 valence electrons. The summed E-state index contributed by atoms with van der Waals surface area (Å²) in [7, 11) is 3.57. The van der Waals surface area contributed by atoms with Crippen molar-refractivity contribution in [2.24, 2.45) is 7.05 Å². The van der Waals surface area contributed by atoms with Gasteiger partial charge in [0, 0.05) is 18.6 Å². The van der Waals surface area contributed by atoms with Gasteiger partial charge in [0.25, 0.3) is 0 Å². The average molecular weight is 463 g/mol. The summed E-state index contributed by atoms with van der Waals surface area (Å²) in [5.41, 5.74) is 2.18. The molecule has 0 saturated carbocycles. The maximum absolute atomic E-state index is 6.15. The second kappa shape index (κ2) is 12.0. The van der Waals surface area contributed by atoms with Gasteiger partial charge in [-0.2, -0.15) is 4.98 Å². The van der Waals surface area contributed by atoms with E-state index in [1.54, 1.807) is 7.11 Å². The summed E-state index contributed by atoms with van der Waals surface area (Å²) >= 11 is 6.15. The Morgan fingerprint density at radius 1 is 1.10 bits per heavy atom. The predicted molar refractivity (Wildman–Crippen MR) is 132 cm³/mol. The van der Waals surface area contributed by atoms with Gasteiger partial charge in [0.1, 0.15) is 5.75 Å². The topological polar surface area (TPSA) is 43.2 Å². The lowest BCUT2D eigenvalue weighted by atomic mass is 9.99. The molecule has 0 unspecified atom stereocenters.